The van der Waals surface area contributed by atoms with Gasteiger partial charge in [-0.05, 0) is 59.7 Å². The van der Waals surface area contributed by atoms with Crippen molar-refractivity contribution in [3.05, 3.63) is 75.7 Å². The molecule has 200 valence electrons. The maximum absolute atomic E-state index is 14.2. The fourth-order valence-electron chi connectivity index (χ4n) is 4.80. The van der Waals surface area contributed by atoms with Crippen LogP contribution in [-0.2, 0) is 11.2 Å². The monoisotopic (exact) mass is 538 g/mol. The Bertz CT molecular complexity index is 1310. The number of nitrogens with zero attached hydrogens (tertiary/aromatic N) is 2. The van der Waals surface area contributed by atoms with Crippen molar-refractivity contribution in [2.45, 2.75) is 32.7 Å². The van der Waals surface area contributed by atoms with Crippen molar-refractivity contribution in [1.29, 1.82) is 0 Å². The van der Waals surface area contributed by atoms with Crippen LogP contribution in [-0.4, -0.2) is 54.6 Å². The van der Waals surface area contributed by atoms with E-state index in [2.05, 4.69) is 13.8 Å². The molecule has 0 unspecified atom stereocenters. The first-order valence-corrected chi connectivity index (χ1v) is 13.7. The summed E-state index contributed by atoms with van der Waals surface area (Å²) in [5.74, 6) is 0.650. The van der Waals surface area contributed by atoms with E-state index >= 15 is 0 Å². The third-order valence-corrected chi connectivity index (χ3v) is 8.11. The Labute approximate surface area is 225 Å². The second-order valence-electron chi connectivity index (χ2n) is 9.66. The first-order chi connectivity index (χ1) is 18.4. The summed E-state index contributed by atoms with van der Waals surface area (Å²) in [6, 6.07) is 13.0. The molecule has 9 heteroatoms. The molecule has 0 N–H and O–H groups in total. The van der Waals surface area contributed by atoms with E-state index in [4.69, 9.17) is 14.2 Å². The number of benzene rings is 2. The molecule has 2 aliphatic heterocycles. The van der Waals surface area contributed by atoms with Crippen LogP contribution in [0.5, 0.6) is 17.2 Å². The molecule has 2 aromatic carbocycles. The molecule has 2 aliphatic rings. The average Bonchev–Trinajstić information content (AvgIpc) is 3.60. The van der Waals surface area contributed by atoms with Crippen molar-refractivity contribution in [3.8, 4) is 17.2 Å². The van der Waals surface area contributed by atoms with Crippen LogP contribution in [0.3, 0.4) is 0 Å². The SMILES string of the molecule is CC[C@H](C)CN(CC(=O)N1CCc2sccc2[C@H]1COc1ccccc1F)C(=O)c1ccc2c(c1)OCO2. The smallest absolute Gasteiger partial charge is 0.254 e. The van der Waals surface area contributed by atoms with Crippen molar-refractivity contribution in [3.63, 3.8) is 0 Å². The summed E-state index contributed by atoms with van der Waals surface area (Å²) in [6.07, 6.45) is 1.61. The molecule has 2 atom stereocenters. The molecule has 3 heterocycles. The van der Waals surface area contributed by atoms with Gasteiger partial charge in [-0.25, -0.2) is 4.39 Å². The van der Waals surface area contributed by atoms with Crippen molar-refractivity contribution < 1.29 is 28.2 Å². The van der Waals surface area contributed by atoms with Crippen LogP contribution in [0.2, 0.25) is 0 Å². The van der Waals surface area contributed by atoms with Gasteiger partial charge in [-0.1, -0.05) is 32.4 Å². The lowest BCUT2D eigenvalue weighted by Gasteiger charge is -2.37. The second-order valence-corrected chi connectivity index (χ2v) is 10.7. The largest absolute Gasteiger partial charge is 0.488 e. The Balaban J connectivity index is 1.36. The lowest BCUT2D eigenvalue weighted by Crippen LogP contribution is -2.48. The van der Waals surface area contributed by atoms with E-state index < -0.39 is 5.82 Å². The average molecular weight is 539 g/mol. The van der Waals surface area contributed by atoms with E-state index in [1.54, 1.807) is 57.5 Å². The predicted molar refractivity (Wildman–Crippen MR) is 142 cm³/mol. The normalized spacial score (nSPS) is 16.6. The summed E-state index contributed by atoms with van der Waals surface area (Å²) in [5, 5.41) is 2.01. The van der Waals surface area contributed by atoms with E-state index in [1.165, 1.54) is 10.9 Å². The maximum atomic E-state index is 14.2. The summed E-state index contributed by atoms with van der Waals surface area (Å²) < 4.78 is 30.9. The third-order valence-electron chi connectivity index (χ3n) is 7.11. The van der Waals surface area contributed by atoms with Gasteiger partial charge in [0.2, 0.25) is 12.7 Å². The predicted octanol–water partition coefficient (Wildman–Crippen LogP) is 5.31. The van der Waals surface area contributed by atoms with Crippen LogP contribution in [0.1, 0.15) is 47.1 Å². The van der Waals surface area contributed by atoms with Gasteiger partial charge in [-0.15, -0.1) is 11.3 Å². The highest BCUT2D eigenvalue weighted by Gasteiger charge is 2.34. The van der Waals surface area contributed by atoms with Gasteiger partial charge in [0, 0.05) is 23.5 Å². The van der Waals surface area contributed by atoms with E-state index in [1.807, 2.05) is 11.4 Å². The lowest BCUT2D eigenvalue weighted by molar-refractivity contribution is -0.135. The highest BCUT2D eigenvalue weighted by Crippen LogP contribution is 2.35. The van der Waals surface area contributed by atoms with Crippen LogP contribution in [0.15, 0.2) is 53.9 Å². The first kappa shape index (κ1) is 26.0. The number of para-hydroxylation sites is 1. The number of fused-ring (bicyclic) bond motifs is 2. The maximum Gasteiger partial charge on any atom is 0.254 e. The zero-order valence-corrected chi connectivity index (χ0v) is 22.3. The summed E-state index contributed by atoms with van der Waals surface area (Å²) in [5.41, 5.74) is 1.46. The van der Waals surface area contributed by atoms with Crippen molar-refractivity contribution in [1.82, 2.24) is 9.80 Å². The van der Waals surface area contributed by atoms with Gasteiger partial charge in [0.05, 0.1) is 6.04 Å². The van der Waals surface area contributed by atoms with Crippen LogP contribution < -0.4 is 14.2 Å². The zero-order chi connectivity index (χ0) is 26.6. The highest BCUT2D eigenvalue weighted by atomic mass is 32.1. The minimum absolute atomic E-state index is 0.0622. The number of ether oxygens (including phenoxy) is 3. The first-order valence-electron chi connectivity index (χ1n) is 12.9. The molecule has 1 aromatic heterocycles. The molecule has 0 spiro atoms. The topological polar surface area (TPSA) is 68.3 Å². The van der Waals surface area contributed by atoms with Crippen molar-refractivity contribution in [2.75, 3.05) is 33.0 Å². The number of hydrogen-bond acceptors (Lipinski definition) is 6. The van der Waals surface area contributed by atoms with Gasteiger partial charge in [0.15, 0.2) is 23.1 Å². The minimum atomic E-state index is -0.444. The molecule has 0 aliphatic carbocycles. The third kappa shape index (κ3) is 5.48. The van der Waals surface area contributed by atoms with Crippen molar-refractivity contribution >= 4 is 23.2 Å². The van der Waals surface area contributed by atoms with E-state index in [9.17, 15) is 14.0 Å². The number of hydrogen-bond donors (Lipinski definition) is 0. The van der Waals surface area contributed by atoms with E-state index in [-0.39, 0.29) is 49.5 Å². The number of carbonyl (C=O) groups is 2. The minimum Gasteiger partial charge on any atom is -0.488 e. The standard InChI is InChI=1S/C29H31FN2O5S/c1-3-19(2)15-31(29(34)20-8-9-25-26(14-20)37-18-36-25)16-28(33)32-12-10-27-21(11-13-38-27)23(32)17-35-24-7-5-4-6-22(24)30/h4-9,11,13-14,19,23H,3,10,12,15-18H2,1-2H3/t19-,23+/m0/s1. The summed E-state index contributed by atoms with van der Waals surface area (Å²) in [4.78, 5) is 32.0. The fourth-order valence-corrected chi connectivity index (χ4v) is 5.72. The van der Waals surface area contributed by atoms with Gasteiger partial charge in [-0.3, -0.25) is 9.59 Å². The molecule has 5 rings (SSSR count). The molecule has 0 saturated heterocycles. The lowest BCUT2D eigenvalue weighted by atomic mass is 10.00. The molecule has 38 heavy (non-hydrogen) atoms. The van der Waals surface area contributed by atoms with E-state index in [0.29, 0.717) is 30.2 Å². The van der Waals surface area contributed by atoms with Gasteiger partial charge in [0.1, 0.15) is 13.2 Å². The molecule has 7 nitrogen and oxygen atoms in total. The Morgan fingerprint density at radius 3 is 2.82 bits per heavy atom. The molecule has 0 fully saturated rings. The number of rotatable bonds is 9. The molecule has 0 saturated carbocycles. The van der Waals surface area contributed by atoms with Crippen molar-refractivity contribution in [2.24, 2.45) is 5.92 Å². The molecule has 2 amide bonds. The molecule has 0 bridgehead atoms. The zero-order valence-electron chi connectivity index (χ0n) is 21.5. The van der Waals surface area contributed by atoms with Crippen LogP contribution >= 0.6 is 11.3 Å². The van der Waals surface area contributed by atoms with Crippen LogP contribution in [0.4, 0.5) is 4.39 Å². The summed E-state index contributed by atoms with van der Waals surface area (Å²) >= 11 is 1.65. The highest BCUT2D eigenvalue weighted by molar-refractivity contribution is 7.10. The number of carbonyl (C=O) groups excluding carboxylic acids is 2. The quantitative estimate of drug-likeness (QED) is 0.370. The Kier molecular flexibility index (Phi) is 7.83. The summed E-state index contributed by atoms with van der Waals surface area (Å²) in [6.45, 7) is 5.27. The Morgan fingerprint density at radius 1 is 1.18 bits per heavy atom. The number of halogens is 1. The van der Waals surface area contributed by atoms with Gasteiger partial charge >= 0.3 is 0 Å². The molecular formula is C29H31FN2O5S. The second kappa shape index (κ2) is 11.4. The summed E-state index contributed by atoms with van der Waals surface area (Å²) in [7, 11) is 0. The van der Waals surface area contributed by atoms with Gasteiger partial charge in [-0.2, -0.15) is 0 Å². The molecule has 0 radical (unpaired) electrons. The number of amides is 2. The Morgan fingerprint density at radius 2 is 2.00 bits per heavy atom. The van der Waals surface area contributed by atoms with Crippen LogP contribution in [0.25, 0.3) is 0 Å². The fraction of sp³-hybridized carbons (Fsp3) is 0.379. The molecular weight excluding hydrogens is 507 g/mol. The van der Waals surface area contributed by atoms with Gasteiger partial charge < -0.3 is 24.0 Å². The van der Waals surface area contributed by atoms with E-state index in [0.717, 1.165) is 18.4 Å². The van der Waals surface area contributed by atoms with Gasteiger partial charge in [0.25, 0.3) is 5.91 Å². The Hall–Kier alpha value is -3.59. The number of thiophene rings is 1. The molecule has 3 aromatic rings. The van der Waals surface area contributed by atoms with Crippen LogP contribution in [0, 0.1) is 11.7 Å².